The van der Waals surface area contributed by atoms with Crippen LogP contribution < -0.4 is 5.43 Å². The van der Waals surface area contributed by atoms with Crippen LogP contribution in [0.2, 0.25) is 0 Å². The summed E-state index contributed by atoms with van der Waals surface area (Å²) < 4.78 is 11.9. The molecule has 0 aromatic carbocycles. The van der Waals surface area contributed by atoms with Gasteiger partial charge >= 0.3 is 0 Å². The molecule has 0 radical (unpaired) electrons. The summed E-state index contributed by atoms with van der Waals surface area (Å²) in [6.07, 6.45) is 12.4. The largest absolute Gasteiger partial charge is 0.448 e. The first-order chi connectivity index (χ1) is 9.84. The lowest BCUT2D eigenvalue weighted by molar-refractivity contribution is 0.0426. The van der Waals surface area contributed by atoms with E-state index in [1.54, 1.807) is 6.21 Å². The lowest BCUT2D eigenvalue weighted by Crippen LogP contribution is -2.20. The van der Waals surface area contributed by atoms with Crippen LogP contribution in [-0.2, 0) is 4.74 Å². The van der Waals surface area contributed by atoms with Crippen molar-refractivity contribution in [1.82, 2.24) is 5.43 Å². The van der Waals surface area contributed by atoms with Crippen molar-refractivity contribution in [3.63, 3.8) is 0 Å². The normalized spacial score (nSPS) is 21.6. The van der Waals surface area contributed by atoms with E-state index < -0.39 is 0 Å². The third kappa shape index (κ3) is 5.92. The summed E-state index contributed by atoms with van der Waals surface area (Å²) in [5, 5.41) is 4.09. The minimum absolute atomic E-state index is 0.395. The molecule has 0 saturated heterocycles. The molecule has 0 bridgehead atoms. The molecular formula is C15H21BrN2O2. The van der Waals surface area contributed by atoms with Gasteiger partial charge in [-0.3, -0.25) is 0 Å². The Kier molecular flexibility index (Phi) is 6.88. The number of hydrogen-bond acceptors (Lipinski definition) is 4. The van der Waals surface area contributed by atoms with E-state index in [1.165, 1.54) is 12.8 Å². The Labute approximate surface area is 128 Å². The lowest BCUT2D eigenvalue weighted by atomic mass is 10.0. The summed E-state index contributed by atoms with van der Waals surface area (Å²) in [5.41, 5.74) is 2.97. The SMILES string of the molecule is [76Br]c1ccc(/C=N\NCCOC2CC/C=C/CCC2)o1. The molecule has 1 unspecified atom stereocenters. The molecular weight excluding hydrogens is 316 g/mol. The highest BCUT2D eigenvalue weighted by Gasteiger charge is 2.08. The number of nitrogens with one attached hydrogen (secondary N) is 1. The summed E-state index contributed by atoms with van der Waals surface area (Å²) in [4.78, 5) is 0. The third-order valence-corrected chi connectivity index (χ3v) is 3.59. The van der Waals surface area contributed by atoms with Crippen LogP contribution in [0.3, 0.4) is 0 Å². The zero-order chi connectivity index (χ0) is 14.0. The summed E-state index contributed by atoms with van der Waals surface area (Å²) >= 11 is 3.25. The maximum atomic E-state index is 5.87. The Morgan fingerprint density at radius 1 is 1.35 bits per heavy atom. The van der Waals surface area contributed by atoms with Crippen molar-refractivity contribution in [3.05, 3.63) is 34.7 Å². The van der Waals surface area contributed by atoms with Gasteiger partial charge in [0.15, 0.2) is 4.67 Å². The second kappa shape index (κ2) is 8.97. The molecule has 1 aliphatic carbocycles. The molecule has 1 atom stereocenters. The minimum Gasteiger partial charge on any atom is -0.448 e. The molecule has 0 spiro atoms. The van der Waals surface area contributed by atoms with Gasteiger partial charge in [0, 0.05) is 0 Å². The standard InChI is InChI=1S/C15H21BrN2O2/c16-15-9-8-14(20-15)12-18-17-10-11-19-13-6-4-2-1-3-5-7-13/h1-2,8-9,12-13,17H,3-7,10-11H2/b2-1+,18-12-/i16-4. The summed E-state index contributed by atoms with van der Waals surface area (Å²) in [6.45, 7) is 1.40. The van der Waals surface area contributed by atoms with Crippen molar-refractivity contribution in [2.75, 3.05) is 13.2 Å². The fourth-order valence-electron chi connectivity index (χ4n) is 2.13. The number of rotatable bonds is 6. The predicted molar refractivity (Wildman–Crippen MR) is 84.0 cm³/mol. The Hall–Kier alpha value is -1.07. The number of allylic oxidation sites excluding steroid dienone is 2. The van der Waals surface area contributed by atoms with Gasteiger partial charge in [0.1, 0.15) is 5.76 Å². The Balaban J connectivity index is 1.56. The maximum absolute atomic E-state index is 5.87. The zero-order valence-electron chi connectivity index (χ0n) is 11.6. The number of halogens is 1. The van der Waals surface area contributed by atoms with Gasteiger partial charge < -0.3 is 14.6 Å². The van der Waals surface area contributed by atoms with E-state index in [4.69, 9.17) is 9.15 Å². The Morgan fingerprint density at radius 2 is 2.25 bits per heavy atom. The first-order valence-corrected chi connectivity index (χ1v) is 7.92. The van der Waals surface area contributed by atoms with Gasteiger partial charge in [0.2, 0.25) is 0 Å². The van der Waals surface area contributed by atoms with Crippen molar-refractivity contribution in [1.29, 1.82) is 0 Å². The van der Waals surface area contributed by atoms with E-state index in [9.17, 15) is 0 Å². The monoisotopic (exact) mass is 337 g/mol. The number of nitrogens with zero attached hydrogens (tertiary/aromatic N) is 1. The van der Waals surface area contributed by atoms with E-state index in [0.29, 0.717) is 23.9 Å². The van der Waals surface area contributed by atoms with E-state index in [1.807, 2.05) is 12.1 Å². The molecule has 1 aromatic heterocycles. The second-order valence-electron chi connectivity index (χ2n) is 4.78. The lowest BCUT2D eigenvalue weighted by Gasteiger charge is -2.18. The number of ether oxygens (including phenoxy) is 1. The molecule has 1 heterocycles. The van der Waals surface area contributed by atoms with Gasteiger partial charge in [0.25, 0.3) is 0 Å². The maximum Gasteiger partial charge on any atom is 0.169 e. The van der Waals surface area contributed by atoms with Crippen LogP contribution >= 0.6 is 15.9 Å². The van der Waals surface area contributed by atoms with E-state index >= 15 is 0 Å². The smallest absolute Gasteiger partial charge is 0.169 e. The van der Waals surface area contributed by atoms with Crippen LogP contribution in [0, 0.1) is 0 Å². The van der Waals surface area contributed by atoms with Crippen molar-refractivity contribution < 1.29 is 9.15 Å². The fraction of sp³-hybridized carbons (Fsp3) is 0.533. The molecule has 5 heteroatoms. The van der Waals surface area contributed by atoms with Crippen LogP contribution in [0.15, 0.2) is 38.5 Å². The average Bonchev–Trinajstić information content (AvgIpc) is 2.81. The van der Waals surface area contributed by atoms with Crippen molar-refractivity contribution >= 4 is 22.1 Å². The molecule has 4 nitrogen and oxygen atoms in total. The summed E-state index contributed by atoms with van der Waals surface area (Å²) in [6, 6.07) is 3.70. The molecule has 2 rings (SSSR count). The highest BCUT2D eigenvalue weighted by Crippen LogP contribution is 2.15. The summed E-state index contributed by atoms with van der Waals surface area (Å²) in [5.74, 6) is 0.720. The minimum atomic E-state index is 0.395. The van der Waals surface area contributed by atoms with E-state index in [-0.39, 0.29) is 0 Å². The molecule has 0 saturated carbocycles. The fourth-order valence-corrected chi connectivity index (χ4v) is 2.45. The van der Waals surface area contributed by atoms with Crippen molar-refractivity contribution in [3.8, 4) is 0 Å². The van der Waals surface area contributed by atoms with Crippen LogP contribution in [0.4, 0.5) is 0 Å². The van der Waals surface area contributed by atoms with E-state index in [0.717, 1.165) is 25.0 Å². The van der Waals surface area contributed by atoms with E-state index in [2.05, 4.69) is 38.6 Å². The first kappa shape index (κ1) is 15.3. The first-order valence-electron chi connectivity index (χ1n) is 7.12. The summed E-state index contributed by atoms with van der Waals surface area (Å²) in [7, 11) is 0. The van der Waals surface area contributed by atoms with Gasteiger partial charge in [-0.25, -0.2) is 0 Å². The average molecular weight is 337 g/mol. The molecule has 110 valence electrons. The Morgan fingerprint density at radius 3 is 3.10 bits per heavy atom. The van der Waals surface area contributed by atoms with Gasteiger partial charge in [-0.2, -0.15) is 5.10 Å². The predicted octanol–water partition coefficient (Wildman–Crippen LogP) is 3.87. The zero-order valence-corrected chi connectivity index (χ0v) is 13.1. The van der Waals surface area contributed by atoms with Gasteiger partial charge in [-0.05, 0) is 60.2 Å². The highest BCUT2D eigenvalue weighted by molar-refractivity contribution is 9.10. The number of hydrazone groups is 1. The molecule has 1 aliphatic rings. The van der Waals surface area contributed by atoms with Crippen molar-refractivity contribution in [2.24, 2.45) is 5.10 Å². The molecule has 1 N–H and O–H groups in total. The quantitative estimate of drug-likeness (QED) is 0.371. The van der Waals surface area contributed by atoms with Gasteiger partial charge in [0.05, 0.1) is 25.5 Å². The van der Waals surface area contributed by atoms with Gasteiger partial charge in [-0.15, -0.1) is 0 Å². The number of hydrogen-bond donors (Lipinski definition) is 1. The van der Waals surface area contributed by atoms with Crippen molar-refractivity contribution in [2.45, 2.75) is 38.2 Å². The second-order valence-corrected chi connectivity index (χ2v) is 5.56. The Bertz CT molecular complexity index is 443. The van der Waals surface area contributed by atoms with Crippen LogP contribution in [0.5, 0.6) is 0 Å². The van der Waals surface area contributed by atoms with Gasteiger partial charge in [-0.1, -0.05) is 12.2 Å². The topological polar surface area (TPSA) is 46.8 Å². The number of furan rings is 1. The third-order valence-electron chi connectivity index (χ3n) is 3.16. The van der Waals surface area contributed by atoms with Crippen LogP contribution in [0.1, 0.15) is 37.9 Å². The molecule has 0 amide bonds. The van der Waals surface area contributed by atoms with Crippen LogP contribution in [0.25, 0.3) is 0 Å². The molecule has 20 heavy (non-hydrogen) atoms. The highest BCUT2D eigenvalue weighted by atomic mass is 75.9. The molecule has 0 fully saturated rings. The molecule has 1 aromatic rings. The molecule has 0 aliphatic heterocycles. The van der Waals surface area contributed by atoms with Crippen LogP contribution in [-0.4, -0.2) is 25.5 Å².